The summed E-state index contributed by atoms with van der Waals surface area (Å²) in [6, 6.07) is 0.516. The zero-order chi connectivity index (χ0) is 12.8. The van der Waals surface area contributed by atoms with E-state index in [1.54, 1.807) is 0 Å². The summed E-state index contributed by atoms with van der Waals surface area (Å²) in [7, 11) is 0. The standard InChI is InChI=1S/C14H22F3N/c15-14(16,17)5-2-6-18-13-8-9-7-12(13)11-4-1-3-10(9)11/h9-13,18H,1-8H2. The second-order valence-corrected chi connectivity index (χ2v) is 6.43. The van der Waals surface area contributed by atoms with Crippen molar-refractivity contribution in [2.45, 2.75) is 57.2 Å². The van der Waals surface area contributed by atoms with Crippen molar-refractivity contribution in [2.75, 3.05) is 6.54 Å². The van der Waals surface area contributed by atoms with E-state index in [9.17, 15) is 13.2 Å². The molecule has 3 fully saturated rings. The Kier molecular flexibility index (Phi) is 3.33. The molecule has 0 amide bonds. The molecule has 0 aromatic heterocycles. The van der Waals surface area contributed by atoms with Gasteiger partial charge in [0.25, 0.3) is 0 Å². The van der Waals surface area contributed by atoms with Crippen LogP contribution in [0.5, 0.6) is 0 Å². The molecule has 104 valence electrons. The van der Waals surface area contributed by atoms with Crippen LogP contribution in [-0.4, -0.2) is 18.8 Å². The van der Waals surface area contributed by atoms with Crippen molar-refractivity contribution < 1.29 is 13.2 Å². The zero-order valence-electron chi connectivity index (χ0n) is 10.7. The molecule has 2 bridgehead atoms. The van der Waals surface area contributed by atoms with Gasteiger partial charge in [0.1, 0.15) is 0 Å². The molecular weight excluding hydrogens is 239 g/mol. The van der Waals surface area contributed by atoms with E-state index in [0.717, 1.165) is 23.7 Å². The van der Waals surface area contributed by atoms with Gasteiger partial charge in [0.05, 0.1) is 0 Å². The van der Waals surface area contributed by atoms with Gasteiger partial charge in [0, 0.05) is 12.5 Å². The largest absolute Gasteiger partial charge is 0.389 e. The lowest BCUT2D eigenvalue weighted by Crippen LogP contribution is -2.39. The minimum absolute atomic E-state index is 0.228. The van der Waals surface area contributed by atoms with Crippen molar-refractivity contribution in [3.05, 3.63) is 0 Å². The summed E-state index contributed by atoms with van der Waals surface area (Å²) in [6.07, 6.45) is 2.30. The van der Waals surface area contributed by atoms with E-state index in [0.29, 0.717) is 12.6 Å². The Balaban J connectivity index is 1.43. The molecule has 18 heavy (non-hydrogen) atoms. The van der Waals surface area contributed by atoms with Gasteiger partial charge in [-0.25, -0.2) is 0 Å². The Morgan fingerprint density at radius 3 is 2.56 bits per heavy atom. The van der Waals surface area contributed by atoms with Gasteiger partial charge in [0.15, 0.2) is 0 Å². The molecule has 4 heteroatoms. The van der Waals surface area contributed by atoms with E-state index in [1.165, 1.54) is 32.1 Å². The Hall–Kier alpha value is -0.250. The molecule has 5 atom stereocenters. The maximum Gasteiger partial charge on any atom is 0.389 e. The first-order chi connectivity index (χ1) is 8.54. The molecular formula is C14H22F3N. The topological polar surface area (TPSA) is 12.0 Å². The highest BCUT2D eigenvalue weighted by Crippen LogP contribution is 2.58. The first kappa shape index (κ1) is 12.8. The van der Waals surface area contributed by atoms with Crippen molar-refractivity contribution in [1.29, 1.82) is 0 Å². The third kappa shape index (κ3) is 2.40. The molecule has 1 nitrogen and oxygen atoms in total. The second kappa shape index (κ2) is 4.69. The molecule has 3 aliphatic carbocycles. The van der Waals surface area contributed by atoms with Crippen LogP contribution in [0.4, 0.5) is 13.2 Å². The van der Waals surface area contributed by atoms with Crippen molar-refractivity contribution in [3.63, 3.8) is 0 Å². The number of halogens is 3. The van der Waals surface area contributed by atoms with Crippen LogP contribution in [0.2, 0.25) is 0 Å². The van der Waals surface area contributed by atoms with Gasteiger partial charge < -0.3 is 5.32 Å². The Bertz CT molecular complexity index is 302. The average molecular weight is 261 g/mol. The summed E-state index contributed by atoms with van der Waals surface area (Å²) in [4.78, 5) is 0. The predicted molar refractivity (Wildman–Crippen MR) is 64.1 cm³/mol. The fourth-order valence-electron chi connectivity index (χ4n) is 4.88. The van der Waals surface area contributed by atoms with E-state index < -0.39 is 12.6 Å². The van der Waals surface area contributed by atoms with E-state index in [-0.39, 0.29) is 6.42 Å². The number of hydrogen-bond acceptors (Lipinski definition) is 1. The van der Waals surface area contributed by atoms with Crippen molar-refractivity contribution >= 4 is 0 Å². The van der Waals surface area contributed by atoms with Crippen LogP contribution in [0.1, 0.15) is 44.9 Å². The van der Waals surface area contributed by atoms with Crippen LogP contribution in [0, 0.1) is 23.7 Å². The summed E-state index contributed by atoms with van der Waals surface area (Å²) in [5.74, 6) is 3.50. The van der Waals surface area contributed by atoms with Gasteiger partial charge in [-0.2, -0.15) is 13.2 Å². The van der Waals surface area contributed by atoms with E-state index >= 15 is 0 Å². The maximum absolute atomic E-state index is 12.1. The Morgan fingerprint density at radius 1 is 1.00 bits per heavy atom. The summed E-state index contributed by atoms with van der Waals surface area (Å²) in [6.45, 7) is 0.533. The smallest absolute Gasteiger partial charge is 0.314 e. The minimum atomic E-state index is -3.99. The van der Waals surface area contributed by atoms with Crippen LogP contribution < -0.4 is 5.32 Å². The number of alkyl halides is 3. The fraction of sp³-hybridized carbons (Fsp3) is 1.00. The fourth-order valence-corrected chi connectivity index (χ4v) is 4.88. The van der Waals surface area contributed by atoms with Crippen LogP contribution in [0.25, 0.3) is 0 Å². The molecule has 0 spiro atoms. The minimum Gasteiger partial charge on any atom is -0.314 e. The highest BCUT2D eigenvalue weighted by molar-refractivity contribution is 5.05. The lowest BCUT2D eigenvalue weighted by Gasteiger charge is -2.32. The van der Waals surface area contributed by atoms with E-state index in [4.69, 9.17) is 0 Å². The van der Waals surface area contributed by atoms with Crippen LogP contribution in [0.3, 0.4) is 0 Å². The molecule has 1 N–H and O–H groups in total. The van der Waals surface area contributed by atoms with Crippen LogP contribution in [0.15, 0.2) is 0 Å². The number of nitrogens with one attached hydrogen (secondary N) is 1. The first-order valence-electron chi connectivity index (χ1n) is 7.35. The molecule has 0 aliphatic heterocycles. The van der Waals surface area contributed by atoms with Gasteiger partial charge in [-0.05, 0) is 62.3 Å². The summed E-state index contributed by atoms with van der Waals surface area (Å²) < 4.78 is 36.2. The zero-order valence-corrected chi connectivity index (χ0v) is 10.7. The van der Waals surface area contributed by atoms with Gasteiger partial charge >= 0.3 is 6.18 Å². The lowest BCUT2D eigenvalue weighted by atomic mass is 9.79. The monoisotopic (exact) mass is 261 g/mol. The number of rotatable bonds is 4. The normalized spacial score (nSPS) is 42.5. The SMILES string of the molecule is FC(F)(F)CCCNC1CC2CC1C1CCCC21. The summed E-state index contributed by atoms with van der Waals surface area (Å²) >= 11 is 0. The van der Waals surface area contributed by atoms with Crippen LogP contribution in [-0.2, 0) is 0 Å². The lowest BCUT2D eigenvalue weighted by molar-refractivity contribution is -0.135. The Morgan fingerprint density at radius 2 is 1.78 bits per heavy atom. The van der Waals surface area contributed by atoms with Gasteiger partial charge in [-0.3, -0.25) is 0 Å². The van der Waals surface area contributed by atoms with Gasteiger partial charge in [-0.1, -0.05) is 6.42 Å². The third-order valence-electron chi connectivity index (χ3n) is 5.47. The quantitative estimate of drug-likeness (QED) is 0.760. The molecule has 5 unspecified atom stereocenters. The Labute approximate surface area is 107 Å². The maximum atomic E-state index is 12.1. The summed E-state index contributed by atoms with van der Waals surface area (Å²) in [5, 5.41) is 3.40. The predicted octanol–water partition coefficient (Wildman–Crippen LogP) is 3.74. The van der Waals surface area contributed by atoms with Crippen molar-refractivity contribution in [3.8, 4) is 0 Å². The van der Waals surface area contributed by atoms with E-state index in [1.807, 2.05) is 0 Å². The molecule has 0 saturated heterocycles. The molecule has 0 heterocycles. The molecule has 0 aromatic rings. The second-order valence-electron chi connectivity index (χ2n) is 6.43. The third-order valence-corrected chi connectivity index (χ3v) is 5.47. The van der Waals surface area contributed by atoms with Gasteiger partial charge in [-0.15, -0.1) is 0 Å². The highest BCUT2D eigenvalue weighted by atomic mass is 19.4. The number of hydrogen-bond donors (Lipinski definition) is 1. The summed E-state index contributed by atoms with van der Waals surface area (Å²) in [5.41, 5.74) is 0. The first-order valence-corrected chi connectivity index (χ1v) is 7.35. The van der Waals surface area contributed by atoms with E-state index in [2.05, 4.69) is 5.32 Å². The van der Waals surface area contributed by atoms with Crippen LogP contribution >= 0.6 is 0 Å². The number of fused-ring (bicyclic) bond motifs is 5. The molecule has 3 rings (SSSR count). The van der Waals surface area contributed by atoms with Crippen molar-refractivity contribution in [1.82, 2.24) is 5.32 Å². The molecule has 0 aromatic carbocycles. The molecule has 0 radical (unpaired) electrons. The highest BCUT2D eigenvalue weighted by Gasteiger charge is 2.53. The average Bonchev–Trinajstić information content (AvgIpc) is 2.94. The molecule has 3 aliphatic rings. The van der Waals surface area contributed by atoms with Gasteiger partial charge in [0.2, 0.25) is 0 Å². The molecule has 3 saturated carbocycles. The van der Waals surface area contributed by atoms with Crippen molar-refractivity contribution in [2.24, 2.45) is 23.7 Å².